The molecule has 0 radical (unpaired) electrons. The monoisotopic (exact) mass is 577 g/mol. The van der Waals surface area contributed by atoms with Gasteiger partial charge in [0, 0.05) is 5.69 Å². The zero-order valence-corrected chi connectivity index (χ0v) is 23.3. The first-order valence-corrected chi connectivity index (χ1v) is 13.1. The summed E-state index contributed by atoms with van der Waals surface area (Å²) in [5.74, 6) is -1.22. The summed E-state index contributed by atoms with van der Waals surface area (Å²) in [4.78, 5) is 55.4. The highest BCUT2D eigenvalue weighted by Gasteiger charge is 2.27. The molecule has 3 aromatic rings. The minimum absolute atomic E-state index is 0.00838. The van der Waals surface area contributed by atoms with Gasteiger partial charge in [0.15, 0.2) is 11.6 Å². The molecule has 1 aliphatic rings. The summed E-state index contributed by atoms with van der Waals surface area (Å²) in [5.41, 5.74) is -0.118. The number of nitrogens with zero attached hydrogens (tertiary/aromatic N) is 2. The number of carbonyl (C=O) groups excluding carboxylic acids is 3. The number of aromatic nitrogens is 1. The maximum Gasteiger partial charge on any atom is 0.407 e. The van der Waals surface area contributed by atoms with E-state index in [0.29, 0.717) is 11.4 Å². The fourth-order valence-corrected chi connectivity index (χ4v) is 3.83. The first kappa shape index (κ1) is 29.6. The predicted octanol–water partition coefficient (Wildman–Crippen LogP) is 4.37. The quantitative estimate of drug-likeness (QED) is 0.284. The number of urea groups is 1. The van der Waals surface area contributed by atoms with Crippen LogP contribution in [0.4, 0.5) is 26.8 Å². The summed E-state index contributed by atoms with van der Waals surface area (Å²) >= 11 is 0. The lowest BCUT2D eigenvalue weighted by atomic mass is 10.1. The molecule has 220 valence electrons. The van der Waals surface area contributed by atoms with Crippen LogP contribution in [0.25, 0.3) is 0 Å². The van der Waals surface area contributed by atoms with Crippen molar-refractivity contribution in [3.63, 3.8) is 0 Å². The number of hydrogen-bond donors (Lipinski definition) is 4. The van der Waals surface area contributed by atoms with E-state index < -0.39 is 29.6 Å². The third kappa shape index (κ3) is 7.87. The van der Waals surface area contributed by atoms with Crippen LogP contribution >= 0.6 is 0 Å². The SMILES string of the molecule is CC(C)(C)OC(=O)NCCOc1ccc(C(=O)O)cc1NC(=O)c1ccc2c(n1)N(C(=O)Nc1ccccc1)CCO2. The van der Waals surface area contributed by atoms with Crippen molar-refractivity contribution in [3.05, 3.63) is 71.9 Å². The van der Waals surface area contributed by atoms with Crippen LogP contribution in [-0.4, -0.2) is 66.0 Å². The standard InChI is InChI=1S/C29H31N5O8/c1-29(2,3)42-28(39)30-13-15-40-22-11-9-18(26(36)37)17-21(22)33-25(35)20-10-12-23-24(32-20)34(14-16-41-23)27(38)31-19-7-5-4-6-8-19/h4-12,17H,13-16H2,1-3H3,(H,30,39)(H,31,38)(H,33,35)(H,36,37). The van der Waals surface area contributed by atoms with Crippen molar-refractivity contribution in [2.75, 3.05) is 41.8 Å². The number of anilines is 3. The molecular formula is C29H31N5O8. The fraction of sp³-hybridized carbons (Fsp3) is 0.276. The molecule has 1 aliphatic heterocycles. The molecule has 2 heterocycles. The Morgan fingerprint density at radius 3 is 2.50 bits per heavy atom. The lowest BCUT2D eigenvalue weighted by molar-refractivity contribution is 0.0519. The number of alkyl carbamates (subject to hydrolysis) is 1. The number of ether oxygens (including phenoxy) is 3. The van der Waals surface area contributed by atoms with Crippen LogP contribution in [0, 0.1) is 0 Å². The van der Waals surface area contributed by atoms with Crippen molar-refractivity contribution in [2.24, 2.45) is 0 Å². The second-order valence-corrected chi connectivity index (χ2v) is 10.1. The van der Waals surface area contributed by atoms with Crippen molar-refractivity contribution in [3.8, 4) is 11.5 Å². The van der Waals surface area contributed by atoms with Gasteiger partial charge in [-0.3, -0.25) is 9.69 Å². The summed E-state index contributed by atoms with van der Waals surface area (Å²) in [7, 11) is 0. The molecule has 1 aromatic heterocycles. The number of benzene rings is 2. The maximum absolute atomic E-state index is 13.2. The van der Waals surface area contributed by atoms with E-state index in [-0.39, 0.29) is 54.8 Å². The zero-order valence-electron chi connectivity index (χ0n) is 23.3. The Morgan fingerprint density at radius 1 is 1.02 bits per heavy atom. The molecule has 4 amide bonds. The fourth-order valence-electron chi connectivity index (χ4n) is 3.83. The van der Waals surface area contributed by atoms with E-state index in [1.54, 1.807) is 45.0 Å². The van der Waals surface area contributed by atoms with Crippen LogP contribution in [0.15, 0.2) is 60.7 Å². The maximum atomic E-state index is 13.2. The average Bonchev–Trinajstić information content (AvgIpc) is 2.94. The molecule has 0 aliphatic carbocycles. The van der Waals surface area contributed by atoms with Gasteiger partial charge in [0.2, 0.25) is 0 Å². The number of para-hydroxylation sites is 1. The molecule has 0 fully saturated rings. The summed E-state index contributed by atoms with van der Waals surface area (Å²) in [5, 5.41) is 17.4. The van der Waals surface area contributed by atoms with Gasteiger partial charge in [-0.05, 0) is 63.2 Å². The van der Waals surface area contributed by atoms with E-state index in [1.165, 1.54) is 35.2 Å². The lowest BCUT2D eigenvalue weighted by Gasteiger charge is -2.28. The van der Waals surface area contributed by atoms with Crippen LogP contribution in [-0.2, 0) is 4.74 Å². The van der Waals surface area contributed by atoms with E-state index in [2.05, 4.69) is 20.9 Å². The molecule has 0 unspecified atom stereocenters. The van der Waals surface area contributed by atoms with Gasteiger partial charge in [-0.25, -0.2) is 19.4 Å². The van der Waals surface area contributed by atoms with Gasteiger partial charge < -0.3 is 35.3 Å². The Hall–Kier alpha value is -5.33. The number of pyridine rings is 1. The van der Waals surface area contributed by atoms with Crippen molar-refractivity contribution in [1.29, 1.82) is 0 Å². The number of carboxylic acids is 1. The van der Waals surface area contributed by atoms with Gasteiger partial charge in [-0.1, -0.05) is 18.2 Å². The molecule has 0 saturated carbocycles. The second-order valence-electron chi connectivity index (χ2n) is 10.1. The van der Waals surface area contributed by atoms with Gasteiger partial charge in [0.25, 0.3) is 5.91 Å². The topological polar surface area (TPSA) is 168 Å². The minimum Gasteiger partial charge on any atom is -0.490 e. The van der Waals surface area contributed by atoms with Crippen molar-refractivity contribution in [1.82, 2.24) is 10.3 Å². The number of amides is 4. The van der Waals surface area contributed by atoms with Gasteiger partial charge in [-0.15, -0.1) is 0 Å². The molecule has 0 saturated heterocycles. The minimum atomic E-state index is -1.20. The number of rotatable bonds is 8. The van der Waals surface area contributed by atoms with E-state index in [4.69, 9.17) is 14.2 Å². The van der Waals surface area contributed by atoms with Crippen LogP contribution in [0.2, 0.25) is 0 Å². The van der Waals surface area contributed by atoms with E-state index in [1.807, 2.05) is 6.07 Å². The van der Waals surface area contributed by atoms with Crippen LogP contribution in [0.5, 0.6) is 11.5 Å². The molecule has 13 nitrogen and oxygen atoms in total. The number of hydrogen-bond acceptors (Lipinski definition) is 8. The second kappa shape index (κ2) is 12.9. The predicted molar refractivity (Wildman–Crippen MR) is 154 cm³/mol. The Balaban J connectivity index is 1.48. The highest BCUT2D eigenvalue weighted by Crippen LogP contribution is 2.31. The normalized spacial score (nSPS) is 12.3. The summed E-state index contributed by atoms with van der Waals surface area (Å²) in [6, 6.07) is 15.4. The van der Waals surface area contributed by atoms with Crippen molar-refractivity contribution in [2.45, 2.75) is 26.4 Å². The van der Waals surface area contributed by atoms with Crippen molar-refractivity contribution >= 4 is 41.2 Å². The lowest BCUT2D eigenvalue weighted by Crippen LogP contribution is -2.41. The smallest absolute Gasteiger partial charge is 0.407 e. The molecule has 0 bridgehead atoms. The first-order valence-electron chi connectivity index (χ1n) is 13.1. The van der Waals surface area contributed by atoms with E-state index >= 15 is 0 Å². The van der Waals surface area contributed by atoms with Crippen molar-refractivity contribution < 1.29 is 38.5 Å². The highest BCUT2D eigenvalue weighted by atomic mass is 16.6. The van der Waals surface area contributed by atoms with Crippen LogP contribution in [0.1, 0.15) is 41.6 Å². The molecule has 4 rings (SSSR count). The molecule has 4 N–H and O–H groups in total. The molecule has 0 spiro atoms. The number of carbonyl (C=O) groups is 4. The number of nitrogens with one attached hydrogen (secondary N) is 3. The first-order chi connectivity index (χ1) is 20.0. The van der Waals surface area contributed by atoms with E-state index in [0.717, 1.165) is 0 Å². The number of carboxylic acid groups (broad SMARTS) is 1. The van der Waals surface area contributed by atoms with Gasteiger partial charge >= 0.3 is 18.1 Å². The van der Waals surface area contributed by atoms with Gasteiger partial charge in [-0.2, -0.15) is 0 Å². The number of fused-ring (bicyclic) bond motifs is 1. The molecule has 0 atom stereocenters. The van der Waals surface area contributed by atoms with Crippen LogP contribution in [0.3, 0.4) is 0 Å². The van der Waals surface area contributed by atoms with E-state index in [9.17, 15) is 24.3 Å². The molecule has 13 heteroatoms. The third-order valence-electron chi connectivity index (χ3n) is 5.67. The van der Waals surface area contributed by atoms with Gasteiger partial charge in [0.05, 0.1) is 24.3 Å². The zero-order chi connectivity index (χ0) is 30.3. The Morgan fingerprint density at radius 2 is 1.79 bits per heavy atom. The summed E-state index contributed by atoms with van der Waals surface area (Å²) in [6.45, 7) is 5.77. The summed E-state index contributed by atoms with van der Waals surface area (Å²) in [6.07, 6.45) is -0.616. The van der Waals surface area contributed by atoms with Crippen LogP contribution < -0.4 is 30.3 Å². The highest BCUT2D eigenvalue weighted by molar-refractivity contribution is 6.06. The third-order valence-corrected chi connectivity index (χ3v) is 5.67. The number of aromatic carboxylic acids is 1. The Kier molecular flexibility index (Phi) is 9.10. The Bertz CT molecular complexity index is 1470. The Labute approximate surface area is 241 Å². The van der Waals surface area contributed by atoms with Gasteiger partial charge in [0.1, 0.15) is 30.3 Å². The molecular weight excluding hydrogens is 546 g/mol. The summed E-state index contributed by atoms with van der Waals surface area (Å²) < 4.78 is 16.5. The largest absolute Gasteiger partial charge is 0.490 e. The average molecular weight is 578 g/mol. The molecule has 42 heavy (non-hydrogen) atoms. The molecule has 2 aromatic carbocycles.